The predicted octanol–water partition coefficient (Wildman–Crippen LogP) is 4.45. The van der Waals surface area contributed by atoms with E-state index in [0.29, 0.717) is 5.78 Å². The number of ketones is 1. The SMILES string of the molecule is CC(C)CCCC(=O)CSC1CCCCC1. The van der Waals surface area contributed by atoms with Gasteiger partial charge >= 0.3 is 0 Å². The Balaban J connectivity index is 2.00. The zero-order valence-electron chi connectivity index (χ0n) is 10.8. The predicted molar refractivity (Wildman–Crippen MR) is 73.0 cm³/mol. The van der Waals surface area contributed by atoms with Crippen molar-refractivity contribution < 1.29 is 4.79 Å². The smallest absolute Gasteiger partial charge is 0.142 e. The molecule has 0 unspecified atom stereocenters. The Morgan fingerprint density at radius 1 is 1.25 bits per heavy atom. The van der Waals surface area contributed by atoms with Gasteiger partial charge in [-0.1, -0.05) is 39.5 Å². The molecule has 0 aromatic heterocycles. The lowest BCUT2D eigenvalue weighted by Gasteiger charge is -2.20. The molecular weight excluding hydrogens is 216 g/mol. The van der Waals surface area contributed by atoms with Crippen LogP contribution in [0, 0.1) is 5.92 Å². The fourth-order valence-corrected chi connectivity index (χ4v) is 3.45. The molecular formula is C14H26OS. The van der Waals surface area contributed by atoms with Crippen molar-refractivity contribution in [3.63, 3.8) is 0 Å². The average molecular weight is 242 g/mol. The summed E-state index contributed by atoms with van der Waals surface area (Å²) in [6.07, 6.45) is 9.91. The van der Waals surface area contributed by atoms with Gasteiger partial charge in [-0.25, -0.2) is 0 Å². The van der Waals surface area contributed by atoms with Crippen molar-refractivity contribution in [3.8, 4) is 0 Å². The van der Waals surface area contributed by atoms with Crippen LogP contribution in [-0.4, -0.2) is 16.8 Å². The minimum atomic E-state index is 0.469. The van der Waals surface area contributed by atoms with Crippen LogP contribution < -0.4 is 0 Å². The van der Waals surface area contributed by atoms with Crippen molar-refractivity contribution >= 4 is 17.5 Å². The molecule has 94 valence electrons. The maximum Gasteiger partial charge on any atom is 0.142 e. The quantitative estimate of drug-likeness (QED) is 0.656. The summed E-state index contributed by atoms with van der Waals surface area (Å²) in [6.45, 7) is 4.45. The summed E-state index contributed by atoms with van der Waals surface area (Å²) in [7, 11) is 0. The van der Waals surface area contributed by atoms with Gasteiger partial charge < -0.3 is 0 Å². The van der Waals surface area contributed by atoms with Gasteiger partial charge in [-0.2, -0.15) is 11.8 Å². The maximum absolute atomic E-state index is 11.6. The summed E-state index contributed by atoms with van der Waals surface area (Å²) in [6, 6.07) is 0. The average Bonchev–Trinajstić information content (AvgIpc) is 2.27. The van der Waals surface area contributed by atoms with Crippen molar-refractivity contribution in [2.45, 2.75) is 70.5 Å². The van der Waals surface area contributed by atoms with E-state index in [2.05, 4.69) is 13.8 Å². The molecule has 0 radical (unpaired) electrons. The summed E-state index contributed by atoms with van der Waals surface area (Å²) in [4.78, 5) is 11.6. The molecule has 1 nitrogen and oxygen atoms in total. The largest absolute Gasteiger partial charge is 0.299 e. The molecule has 0 bridgehead atoms. The van der Waals surface area contributed by atoms with Gasteiger partial charge in [0.05, 0.1) is 5.75 Å². The van der Waals surface area contributed by atoms with Crippen LogP contribution in [0.25, 0.3) is 0 Å². The zero-order valence-corrected chi connectivity index (χ0v) is 11.7. The number of carbonyl (C=O) groups excluding carboxylic acids is 1. The van der Waals surface area contributed by atoms with E-state index in [1.807, 2.05) is 11.8 Å². The minimum absolute atomic E-state index is 0.469. The molecule has 1 aliphatic rings. The molecule has 0 spiro atoms. The van der Waals surface area contributed by atoms with Gasteiger partial charge in [0.2, 0.25) is 0 Å². The molecule has 0 N–H and O–H groups in total. The van der Waals surface area contributed by atoms with E-state index < -0.39 is 0 Å². The Kier molecular flexibility index (Phi) is 7.18. The van der Waals surface area contributed by atoms with Gasteiger partial charge in [0.25, 0.3) is 0 Å². The summed E-state index contributed by atoms with van der Waals surface area (Å²) in [5.74, 6) is 1.97. The summed E-state index contributed by atoms with van der Waals surface area (Å²) >= 11 is 1.91. The molecule has 0 atom stereocenters. The molecule has 0 saturated heterocycles. The van der Waals surface area contributed by atoms with Crippen LogP contribution in [0.5, 0.6) is 0 Å². The van der Waals surface area contributed by atoms with Crippen LogP contribution in [0.3, 0.4) is 0 Å². The lowest BCUT2D eigenvalue weighted by Crippen LogP contribution is -2.12. The van der Waals surface area contributed by atoms with Gasteiger partial charge in [-0.3, -0.25) is 4.79 Å². The first-order valence-electron chi connectivity index (χ1n) is 6.82. The number of rotatable bonds is 7. The van der Waals surface area contributed by atoms with E-state index in [4.69, 9.17) is 0 Å². The van der Waals surface area contributed by atoms with Crippen LogP contribution in [0.2, 0.25) is 0 Å². The van der Waals surface area contributed by atoms with Gasteiger partial charge in [0, 0.05) is 11.7 Å². The highest BCUT2D eigenvalue weighted by molar-refractivity contribution is 8.00. The van der Waals surface area contributed by atoms with Gasteiger partial charge in [0.1, 0.15) is 5.78 Å². The summed E-state index contributed by atoms with van der Waals surface area (Å²) in [5, 5.41) is 0.780. The van der Waals surface area contributed by atoms with Gasteiger partial charge in [-0.05, 0) is 25.2 Å². The van der Waals surface area contributed by atoms with E-state index >= 15 is 0 Å². The third-order valence-corrected chi connectivity index (χ3v) is 4.70. The van der Waals surface area contributed by atoms with E-state index in [0.717, 1.165) is 29.8 Å². The normalized spacial score (nSPS) is 17.9. The topological polar surface area (TPSA) is 17.1 Å². The molecule has 16 heavy (non-hydrogen) atoms. The molecule has 1 rings (SSSR count). The number of Topliss-reactive ketones (excluding diaryl/α,β-unsaturated/α-hetero) is 1. The second-order valence-corrected chi connectivity index (χ2v) is 6.68. The van der Waals surface area contributed by atoms with Crippen molar-refractivity contribution in [1.29, 1.82) is 0 Å². The summed E-state index contributed by atoms with van der Waals surface area (Å²) < 4.78 is 0. The minimum Gasteiger partial charge on any atom is -0.299 e. The second kappa shape index (κ2) is 8.16. The van der Waals surface area contributed by atoms with E-state index in [9.17, 15) is 4.79 Å². The first-order valence-corrected chi connectivity index (χ1v) is 7.86. The molecule has 1 aliphatic carbocycles. The number of hydrogen-bond acceptors (Lipinski definition) is 2. The fourth-order valence-electron chi connectivity index (χ4n) is 2.22. The Morgan fingerprint density at radius 3 is 2.56 bits per heavy atom. The standard InChI is InChI=1S/C14H26OS/c1-12(2)7-6-8-13(15)11-16-14-9-4-3-5-10-14/h12,14H,3-11H2,1-2H3. The van der Waals surface area contributed by atoms with Crippen molar-refractivity contribution in [3.05, 3.63) is 0 Å². The Labute approximate surface area is 105 Å². The second-order valence-electron chi connectivity index (χ2n) is 5.40. The van der Waals surface area contributed by atoms with E-state index in [1.54, 1.807) is 0 Å². The third-order valence-electron chi connectivity index (χ3n) is 3.27. The van der Waals surface area contributed by atoms with Crippen LogP contribution in [0.15, 0.2) is 0 Å². The van der Waals surface area contributed by atoms with E-state index in [1.165, 1.54) is 38.5 Å². The van der Waals surface area contributed by atoms with Crippen molar-refractivity contribution in [2.24, 2.45) is 5.92 Å². The summed E-state index contributed by atoms with van der Waals surface area (Å²) in [5.41, 5.74) is 0. The Bertz CT molecular complexity index is 195. The molecule has 1 saturated carbocycles. The monoisotopic (exact) mass is 242 g/mol. The van der Waals surface area contributed by atoms with Crippen molar-refractivity contribution in [2.75, 3.05) is 5.75 Å². The first-order chi connectivity index (χ1) is 7.68. The number of hydrogen-bond donors (Lipinski definition) is 0. The maximum atomic E-state index is 11.6. The molecule has 1 fully saturated rings. The van der Waals surface area contributed by atoms with E-state index in [-0.39, 0.29) is 0 Å². The molecule has 0 aromatic carbocycles. The first kappa shape index (κ1) is 14.1. The molecule has 0 aliphatic heterocycles. The van der Waals surface area contributed by atoms with Crippen molar-refractivity contribution in [1.82, 2.24) is 0 Å². The highest BCUT2D eigenvalue weighted by Crippen LogP contribution is 2.28. The fraction of sp³-hybridized carbons (Fsp3) is 0.929. The highest BCUT2D eigenvalue weighted by Gasteiger charge is 2.15. The molecule has 2 heteroatoms. The Morgan fingerprint density at radius 2 is 1.94 bits per heavy atom. The molecule has 0 aromatic rings. The highest BCUT2D eigenvalue weighted by atomic mass is 32.2. The van der Waals surface area contributed by atoms with Crippen LogP contribution in [0.4, 0.5) is 0 Å². The van der Waals surface area contributed by atoms with Crippen LogP contribution in [-0.2, 0) is 4.79 Å². The Hall–Kier alpha value is 0.0200. The third kappa shape index (κ3) is 6.57. The molecule has 0 heterocycles. The number of carbonyl (C=O) groups is 1. The van der Waals surface area contributed by atoms with Crippen LogP contribution >= 0.6 is 11.8 Å². The lowest BCUT2D eigenvalue weighted by atomic mass is 10.0. The lowest BCUT2D eigenvalue weighted by molar-refractivity contribution is -0.116. The number of thioether (sulfide) groups is 1. The van der Waals surface area contributed by atoms with Gasteiger partial charge in [-0.15, -0.1) is 0 Å². The van der Waals surface area contributed by atoms with Crippen LogP contribution in [0.1, 0.15) is 65.2 Å². The van der Waals surface area contributed by atoms with Gasteiger partial charge in [0.15, 0.2) is 0 Å². The zero-order chi connectivity index (χ0) is 11.8. The molecule has 0 amide bonds.